The molecule has 2 atom stereocenters. The largest absolute Gasteiger partial charge is 0.299 e. The maximum absolute atomic E-state index is 12.5. The normalized spacial score (nSPS) is 29.1. The summed E-state index contributed by atoms with van der Waals surface area (Å²) in [7, 11) is 0. The van der Waals surface area contributed by atoms with Crippen LogP contribution in [0.15, 0.2) is 30.3 Å². The van der Waals surface area contributed by atoms with Crippen LogP contribution in [0.4, 0.5) is 0 Å². The summed E-state index contributed by atoms with van der Waals surface area (Å²) in [4.78, 5) is 24.5. The van der Waals surface area contributed by atoms with E-state index >= 15 is 0 Å². The van der Waals surface area contributed by atoms with E-state index in [1.54, 1.807) is 19.1 Å². The Hall–Kier alpha value is -1.44. The summed E-state index contributed by atoms with van der Waals surface area (Å²) >= 11 is 0. The first-order chi connectivity index (χ1) is 8.04. The molecule has 0 heterocycles. The van der Waals surface area contributed by atoms with Crippen molar-refractivity contribution in [3.63, 3.8) is 0 Å². The Morgan fingerprint density at radius 2 is 1.94 bits per heavy atom. The molecule has 0 aromatic heterocycles. The number of hydrogen-bond acceptors (Lipinski definition) is 2. The van der Waals surface area contributed by atoms with Gasteiger partial charge in [-0.2, -0.15) is 0 Å². The second-order valence-electron chi connectivity index (χ2n) is 5.30. The monoisotopic (exact) mass is 230 g/mol. The third kappa shape index (κ3) is 2.17. The molecule has 2 heteroatoms. The first-order valence-corrected chi connectivity index (χ1v) is 6.17. The lowest BCUT2D eigenvalue weighted by Crippen LogP contribution is -2.41. The van der Waals surface area contributed by atoms with Gasteiger partial charge in [0, 0.05) is 12.0 Å². The maximum atomic E-state index is 12.5. The molecular weight excluding hydrogens is 212 g/mol. The van der Waals surface area contributed by atoms with E-state index in [1.807, 2.05) is 18.2 Å². The molecule has 0 N–H and O–H groups in total. The molecule has 1 aliphatic rings. The highest BCUT2D eigenvalue weighted by atomic mass is 16.2. The zero-order valence-corrected chi connectivity index (χ0v) is 10.4. The number of hydrogen-bond donors (Lipinski definition) is 0. The molecule has 90 valence electrons. The van der Waals surface area contributed by atoms with Crippen molar-refractivity contribution < 1.29 is 9.59 Å². The molecule has 2 unspecified atom stereocenters. The topological polar surface area (TPSA) is 34.1 Å². The SMILES string of the molecule is CC1CCC(=O)C(C)(C(=O)c2ccccc2)C1. The average Bonchev–Trinajstić information content (AvgIpc) is 2.34. The summed E-state index contributed by atoms with van der Waals surface area (Å²) in [5.41, 5.74) is -0.156. The highest BCUT2D eigenvalue weighted by Crippen LogP contribution is 2.38. The summed E-state index contributed by atoms with van der Waals surface area (Å²) in [5.74, 6) is 0.532. The van der Waals surface area contributed by atoms with E-state index < -0.39 is 5.41 Å². The van der Waals surface area contributed by atoms with Crippen molar-refractivity contribution in [2.75, 3.05) is 0 Å². The first kappa shape index (κ1) is 12.0. The van der Waals surface area contributed by atoms with Gasteiger partial charge in [0.15, 0.2) is 5.78 Å². The van der Waals surface area contributed by atoms with Crippen LogP contribution >= 0.6 is 0 Å². The summed E-state index contributed by atoms with van der Waals surface area (Å²) in [6.07, 6.45) is 2.13. The van der Waals surface area contributed by atoms with E-state index in [9.17, 15) is 9.59 Å². The summed E-state index contributed by atoms with van der Waals surface area (Å²) < 4.78 is 0. The van der Waals surface area contributed by atoms with Gasteiger partial charge in [-0.3, -0.25) is 9.59 Å². The van der Waals surface area contributed by atoms with Crippen molar-refractivity contribution in [1.29, 1.82) is 0 Å². The molecule has 1 saturated carbocycles. The maximum Gasteiger partial charge on any atom is 0.176 e. The molecule has 1 aliphatic carbocycles. The van der Waals surface area contributed by atoms with Gasteiger partial charge < -0.3 is 0 Å². The molecule has 0 saturated heterocycles. The Kier molecular flexibility index (Phi) is 3.14. The van der Waals surface area contributed by atoms with Crippen molar-refractivity contribution in [3.05, 3.63) is 35.9 Å². The van der Waals surface area contributed by atoms with Crippen LogP contribution in [-0.2, 0) is 4.79 Å². The van der Waals surface area contributed by atoms with Crippen molar-refractivity contribution in [2.45, 2.75) is 33.1 Å². The van der Waals surface area contributed by atoms with Crippen LogP contribution in [0.3, 0.4) is 0 Å². The van der Waals surface area contributed by atoms with E-state index in [-0.39, 0.29) is 11.6 Å². The molecule has 0 radical (unpaired) electrons. The Morgan fingerprint density at radius 1 is 1.29 bits per heavy atom. The minimum absolute atomic E-state index is 0.0188. The summed E-state index contributed by atoms with van der Waals surface area (Å²) in [5, 5.41) is 0. The van der Waals surface area contributed by atoms with Crippen molar-refractivity contribution >= 4 is 11.6 Å². The predicted molar refractivity (Wildman–Crippen MR) is 66.9 cm³/mol. The van der Waals surface area contributed by atoms with Crippen molar-refractivity contribution in [3.8, 4) is 0 Å². The fourth-order valence-electron chi connectivity index (χ4n) is 2.69. The standard InChI is InChI=1S/C15H18O2/c1-11-8-9-13(16)15(2,10-11)14(17)12-6-4-3-5-7-12/h3-7,11H,8-10H2,1-2H3. The van der Waals surface area contributed by atoms with Gasteiger partial charge in [0.05, 0.1) is 5.41 Å². The number of Topliss-reactive ketones (excluding diaryl/α,β-unsaturated/α-hetero) is 2. The average molecular weight is 230 g/mol. The van der Waals surface area contributed by atoms with Crippen LogP contribution in [0.25, 0.3) is 0 Å². The van der Waals surface area contributed by atoms with Crippen LogP contribution in [0.5, 0.6) is 0 Å². The Morgan fingerprint density at radius 3 is 2.59 bits per heavy atom. The van der Waals surface area contributed by atoms with Gasteiger partial charge in [-0.25, -0.2) is 0 Å². The van der Waals surface area contributed by atoms with Crippen molar-refractivity contribution in [2.24, 2.45) is 11.3 Å². The lowest BCUT2D eigenvalue weighted by molar-refractivity contribution is -0.128. The molecule has 0 bridgehead atoms. The Bertz CT molecular complexity index is 435. The molecule has 1 aromatic rings. The highest BCUT2D eigenvalue weighted by Gasteiger charge is 2.44. The third-order valence-corrected chi connectivity index (χ3v) is 3.77. The number of ketones is 2. The molecule has 0 spiro atoms. The molecule has 2 nitrogen and oxygen atoms in total. The number of benzene rings is 1. The van der Waals surface area contributed by atoms with Crippen LogP contribution < -0.4 is 0 Å². The lowest BCUT2D eigenvalue weighted by Gasteiger charge is -2.34. The second kappa shape index (κ2) is 4.44. The van der Waals surface area contributed by atoms with Gasteiger partial charge in [0.1, 0.15) is 5.78 Å². The van der Waals surface area contributed by atoms with Gasteiger partial charge >= 0.3 is 0 Å². The molecular formula is C15H18O2. The fraction of sp³-hybridized carbons (Fsp3) is 0.467. The minimum Gasteiger partial charge on any atom is -0.299 e. The van der Waals surface area contributed by atoms with Gasteiger partial charge in [0.25, 0.3) is 0 Å². The van der Waals surface area contributed by atoms with E-state index in [4.69, 9.17) is 0 Å². The van der Waals surface area contributed by atoms with Crippen LogP contribution in [-0.4, -0.2) is 11.6 Å². The molecule has 17 heavy (non-hydrogen) atoms. The van der Waals surface area contributed by atoms with Crippen molar-refractivity contribution in [1.82, 2.24) is 0 Å². The van der Waals surface area contributed by atoms with E-state index in [0.717, 1.165) is 6.42 Å². The molecule has 1 aromatic carbocycles. The quantitative estimate of drug-likeness (QED) is 0.577. The van der Waals surface area contributed by atoms with Crippen LogP contribution in [0.2, 0.25) is 0 Å². The zero-order valence-electron chi connectivity index (χ0n) is 10.4. The lowest BCUT2D eigenvalue weighted by atomic mass is 9.67. The van der Waals surface area contributed by atoms with E-state index in [1.165, 1.54) is 0 Å². The minimum atomic E-state index is -0.807. The smallest absolute Gasteiger partial charge is 0.176 e. The number of carbonyl (C=O) groups is 2. The Labute approximate surface area is 102 Å². The first-order valence-electron chi connectivity index (χ1n) is 6.17. The van der Waals surface area contributed by atoms with E-state index in [2.05, 4.69) is 6.92 Å². The second-order valence-corrected chi connectivity index (χ2v) is 5.30. The fourth-order valence-corrected chi connectivity index (χ4v) is 2.69. The molecule has 0 amide bonds. The number of carbonyl (C=O) groups excluding carboxylic acids is 2. The summed E-state index contributed by atoms with van der Waals surface area (Å²) in [6.45, 7) is 3.92. The third-order valence-electron chi connectivity index (χ3n) is 3.77. The van der Waals surface area contributed by atoms with Gasteiger partial charge in [0.2, 0.25) is 0 Å². The summed E-state index contributed by atoms with van der Waals surface area (Å²) in [6, 6.07) is 9.14. The van der Waals surface area contributed by atoms with Crippen LogP contribution in [0.1, 0.15) is 43.5 Å². The molecule has 2 rings (SSSR count). The van der Waals surface area contributed by atoms with E-state index in [0.29, 0.717) is 24.3 Å². The molecule has 1 fully saturated rings. The van der Waals surface area contributed by atoms with Gasteiger partial charge in [-0.05, 0) is 25.7 Å². The Balaban J connectivity index is 2.31. The highest BCUT2D eigenvalue weighted by molar-refractivity contribution is 6.14. The van der Waals surface area contributed by atoms with Gasteiger partial charge in [-0.15, -0.1) is 0 Å². The molecule has 0 aliphatic heterocycles. The number of rotatable bonds is 2. The van der Waals surface area contributed by atoms with Crippen LogP contribution in [0, 0.1) is 11.3 Å². The van der Waals surface area contributed by atoms with Gasteiger partial charge in [-0.1, -0.05) is 37.3 Å². The zero-order chi connectivity index (χ0) is 12.5. The predicted octanol–water partition coefficient (Wildman–Crippen LogP) is 3.26.